The van der Waals surface area contributed by atoms with Gasteiger partial charge in [-0.3, -0.25) is 4.90 Å². The minimum atomic E-state index is -0.985. The Kier molecular flexibility index (Phi) is 5.33. The number of carboxylic acids is 1. The van der Waals surface area contributed by atoms with E-state index in [1.807, 2.05) is 35.0 Å². The molecule has 4 rings (SSSR count). The van der Waals surface area contributed by atoms with Crippen LogP contribution in [-0.2, 0) is 0 Å². The van der Waals surface area contributed by atoms with Gasteiger partial charge in [0.1, 0.15) is 5.82 Å². The second-order valence-electron chi connectivity index (χ2n) is 6.94. The van der Waals surface area contributed by atoms with E-state index in [4.69, 9.17) is 0 Å². The number of para-hydroxylation sites is 1. The van der Waals surface area contributed by atoms with Crippen molar-refractivity contribution in [2.24, 2.45) is 0 Å². The molecule has 0 bridgehead atoms. The summed E-state index contributed by atoms with van der Waals surface area (Å²) in [5, 5.41) is 9.61. The molecule has 1 unspecified atom stereocenters. The normalized spacial score (nSPS) is 15.6. The van der Waals surface area contributed by atoms with E-state index < -0.39 is 5.97 Å². The quantitative estimate of drug-likeness (QED) is 0.585. The predicted molar refractivity (Wildman–Crippen MR) is 109 cm³/mol. The zero-order valence-electron chi connectivity index (χ0n) is 15.2. The Hall–Kier alpha value is -2.44. The van der Waals surface area contributed by atoms with Crippen molar-refractivity contribution in [2.45, 2.75) is 18.9 Å². The maximum absolute atomic E-state index is 14.9. The lowest BCUT2D eigenvalue weighted by atomic mass is 10.0. The van der Waals surface area contributed by atoms with E-state index in [9.17, 15) is 14.3 Å². The van der Waals surface area contributed by atoms with Gasteiger partial charge in [0.15, 0.2) is 0 Å². The number of benzene rings is 2. The molecule has 1 saturated heterocycles. The van der Waals surface area contributed by atoms with Crippen molar-refractivity contribution in [3.8, 4) is 5.69 Å². The number of rotatable bonds is 5. The number of aromatic carboxylic acids is 1. The lowest BCUT2D eigenvalue weighted by molar-refractivity contribution is 0.0697. The smallest absolute Gasteiger partial charge is 0.337 e. The van der Waals surface area contributed by atoms with Crippen LogP contribution >= 0.6 is 15.9 Å². The van der Waals surface area contributed by atoms with Crippen LogP contribution in [-0.4, -0.2) is 33.6 Å². The number of carboxylic acid groups (broad SMARTS) is 1. The van der Waals surface area contributed by atoms with Crippen LogP contribution in [0.2, 0.25) is 0 Å². The maximum Gasteiger partial charge on any atom is 0.337 e. The average Bonchev–Trinajstić information content (AvgIpc) is 3.37. The summed E-state index contributed by atoms with van der Waals surface area (Å²) >= 11 is 3.46. The van der Waals surface area contributed by atoms with Crippen molar-refractivity contribution in [1.82, 2.24) is 9.47 Å². The monoisotopic (exact) mass is 442 g/mol. The number of nitrogens with zero attached hydrogens (tertiary/aromatic N) is 2. The van der Waals surface area contributed by atoms with E-state index in [1.165, 1.54) is 6.07 Å². The van der Waals surface area contributed by atoms with Gasteiger partial charge >= 0.3 is 5.97 Å². The molecular weight excluding hydrogens is 423 g/mol. The molecule has 2 heterocycles. The Morgan fingerprint density at radius 3 is 2.57 bits per heavy atom. The highest BCUT2D eigenvalue weighted by Gasteiger charge is 2.30. The van der Waals surface area contributed by atoms with Gasteiger partial charge in [-0.2, -0.15) is 0 Å². The topological polar surface area (TPSA) is 45.5 Å². The van der Waals surface area contributed by atoms with Crippen molar-refractivity contribution < 1.29 is 14.3 Å². The van der Waals surface area contributed by atoms with Gasteiger partial charge in [-0.15, -0.1) is 0 Å². The van der Waals surface area contributed by atoms with E-state index in [1.54, 1.807) is 24.3 Å². The number of carbonyl (C=O) groups is 1. The Bertz CT molecular complexity index is 1010. The van der Waals surface area contributed by atoms with Gasteiger partial charge in [-0.1, -0.05) is 28.1 Å². The molecule has 1 aliphatic heterocycles. The molecule has 1 N–H and O–H groups in total. The van der Waals surface area contributed by atoms with Crippen LogP contribution in [0.5, 0.6) is 0 Å². The summed E-state index contributed by atoms with van der Waals surface area (Å²) in [4.78, 5) is 14.0. The van der Waals surface area contributed by atoms with Gasteiger partial charge in [-0.25, -0.2) is 9.18 Å². The lowest BCUT2D eigenvalue weighted by Gasteiger charge is -2.30. The first-order chi connectivity index (χ1) is 13.6. The summed E-state index contributed by atoms with van der Waals surface area (Å²) in [6.45, 7) is 1.75. The van der Waals surface area contributed by atoms with Gasteiger partial charge in [0.25, 0.3) is 0 Å². The van der Waals surface area contributed by atoms with E-state index in [2.05, 4.69) is 20.8 Å². The number of aromatic nitrogens is 1. The molecule has 0 saturated carbocycles. The lowest BCUT2D eigenvalue weighted by Crippen LogP contribution is -2.29. The zero-order chi connectivity index (χ0) is 19.7. The first-order valence-corrected chi connectivity index (χ1v) is 10.0. The third-order valence-corrected chi connectivity index (χ3v) is 5.71. The second-order valence-corrected chi connectivity index (χ2v) is 7.85. The van der Waals surface area contributed by atoms with Gasteiger partial charge in [0, 0.05) is 21.9 Å². The van der Waals surface area contributed by atoms with Crippen LogP contribution in [0.3, 0.4) is 0 Å². The fraction of sp³-hybridized carbons (Fsp3) is 0.227. The number of hydrogen-bond acceptors (Lipinski definition) is 2. The highest BCUT2D eigenvalue weighted by Crippen LogP contribution is 2.36. The summed E-state index contributed by atoms with van der Waals surface area (Å²) < 4.78 is 17.5. The zero-order valence-corrected chi connectivity index (χ0v) is 16.8. The van der Waals surface area contributed by atoms with Crippen molar-refractivity contribution in [1.29, 1.82) is 0 Å². The van der Waals surface area contributed by atoms with Crippen molar-refractivity contribution >= 4 is 21.9 Å². The second kappa shape index (κ2) is 7.89. The molecule has 4 nitrogen and oxygen atoms in total. The van der Waals surface area contributed by atoms with Crippen molar-refractivity contribution in [3.63, 3.8) is 0 Å². The molecule has 1 aliphatic rings. The number of likely N-dealkylation sites (tertiary alicyclic amines) is 1. The molecule has 6 heteroatoms. The Balaban J connectivity index is 1.89. The number of halogens is 2. The van der Waals surface area contributed by atoms with E-state index >= 15 is 0 Å². The summed E-state index contributed by atoms with van der Waals surface area (Å²) in [5.74, 6) is -1.25. The molecule has 1 aromatic heterocycles. The van der Waals surface area contributed by atoms with E-state index in [-0.39, 0.29) is 17.4 Å². The third kappa shape index (κ3) is 3.50. The summed E-state index contributed by atoms with van der Waals surface area (Å²) in [7, 11) is 0. The van der Waals surface area contributed by atoms with Crippen LogP contribution in [0, 0.1) is 5.82 Å². The molecule has 28 heavy (non-hydrogen) atoms. The van der Waals surface area contributed by atoms with Crippen LogP contribution in [0.25, 0.3) is 5.69 Å². The SMILES string of the molecule is O=C(O)c1ccccc1-n1cccc1C(c1cc(Br)ccc1F)N1CCCC1. The van der Waals surface area contributed by atoms with Crippen molar-refractivity contribution in [2.75, 3.05) is 13.1 Å². The first-order valence-electron chi connectivity index (χ1n) is 9.25. The van der Waals surface area contributed by atoms with Crippen LogP contribution in [0.15, 0.2) is 65.3 Å². The Morgan fingerprint density at radius 1 is 1.07 bits per heavy atom. The van der Waals surface area contributed by atoms with Gasteiger partial charge < -0.3 is 9.67 Å². The average molecular weight is 443 g/mol. The molecule has 3 aromatic rings. The summed E-state index contributed by atoms with van der Waals surface area (Å²) in [5.41, 5.74) is 2.24. The molecule has 1 fully saturated rings. The van der Waals surface area contributed by atoms with Crippen molar-refractivity contribution in [3.05, 3.63) is 87.9 Å². The molecule has 0 aliphatic carbocycles. The van der Waals surface area contributed by atoms with Crippen LogP contribution < -0.4 is 0 Å². The first kappa shape index (κ1) is 18.9. The molecule has 0 spiro atoms. The highest BCUT2D eigenvalue weighted by molar-refractivity contribution is 9.10. The van der Waals surface area contributed by atoms with E-state index in [0.29, 0.717) is 11.3 Å². The van der Waals surface area contributed by atoms with Gasteiger partial charge in [0.2, 0.25) is 0 Å². The molecule has 2 aromatic carbocycles. The third-order valence-electron chi connectivity index (χ3n) is 5.21. The molecule has 0 radical (unpaired) electrons. The standard InChI is InChI=1S/C22H20BrFN2O2/c23-15-9-10-18(24)17(14-15)21(25-11-3-4-12-25)20-8-5-13-26(20)19-7-2-1-6-16(19)22(27)28/h1-2,5-10,13-14,21H,3-4,11-12H2,(H,27,28). The fourth-order valence-electron chi connectivity index (χ4n) is 3.97. The molecule has 0 amide bonds. The molecule has 144 valence electrons. The number of hydrogen-bond donors (Lipinski definition) is 1. The predicted octanol–water partition coefficient (Wildman–Crippen LogP) is 5.26. The maximum atomic E-state index is 14.9. The molecule has 1 atom stereocenters. The van der Waals surface area contributed by atoms with E-state index in [0.717, 1.165) is 36.1 Å². The fourth-order valence-corrected chi connectivity index (χ4v) is 4.35. The van der Waals surface area contributed by atoms with Gasteiger partial charge in [-0.05, 0) is 68.4 Å². The van der Waals surface area contributed by atoms with Gasteiger partial charge in [0.05, 0.1) is 17.3 Å². The van der Waals surface area contributed by atoms with Crippen LogP contribution in [0.4, 0.5) is 4.39 Å². The highest BCUT2D eigenvalue weighted by atomic mass is 79.9. The summed E-state index contributed by atoms with van der Waals surface area (Å²) in [6.07, 6.45) is 3.98. The largest absolute Gasteiger partial charge is 0.478 e. The minimum absolute atomic E-state index is 0.217. The summed E-state index contributed by atoms with van der Waals surface area (Å²) in [6, 6.07) is 15.4. The Labute approximate surface area is 171 Å². The van der Waals surface area contributed by atoms with Crippen LogP contribution in [0.1, 0.15) is 40.5 Å². The minimum Gasteiger partial charge on any atom is -0.478 e. The Morgan fingerprint density at radius 2 is 1.82 bits per heavy atom. The molecular formula is C22H20BrFN2O2.